The number of amides is 2. The number of hydrogen-bond donors (Lipinski definition) is 3. The average Bonchev–Trinajstić information content (AvgIpc) is 2.64. The van der Waals surface area contributed by atoms with Crippen LogP contribution < -0.4 is 16.0 Å². The highest BCUT2D eigenvalue weighted by Crippen LogP contribution is 2.21. The van der Waals surface area contributed by atoms with Crippen LogP contribution in [-0.2, 0) is 16.1 Å². The maximum Gasteiger partial charge on any atom is 0.221 e. The first-order chi connectivity index (χ1) is 8.09. The van der Waals surface area contributed by atoms with Crippen LogP contribution in [0.3, 0.4) is 0 Å². The highest BCUT2D eigenvalue weighted by atomic mass is 32.1. The smallest absolute Gasteiger partial charge is 0.221 e. The lowest BCUT2D eigenvalue weighted by Crippen LogP contribution is -2.29. The van der Waals surface area contributed by atoms with Crippen molar-refractivity contribution < 1.29 is 9.59 Å². The van der Waals surface area contributed by atoms with E-state index in [0.29, 0.717) is 19.6 Å². The van der Waals surface area contributed by atoms with Crippen molar-refractivity contribution in [3.8, 4) is 0 Å². The van der Waals surface area contributed by atoms with E-state index in [-0.39, 0.29) is 11.8 Å². The van der Waals surface area contributed by atoms with Crippen LogP contribution in [0, 0.1) is 0 Å². The van der Waals surface area contributed by atoms with E-state index < -0.39 is 0 Å². The van der Waals surface area contributed by atoms with Crippen LogP contribution in [0.1, 0.15) is 18.7 Å². The number of rotatable bonds is 6. The van der Waals surface area contributed by atoms with Crippen molar-refractivity contribution in [3.05, 3.63) is 16.3 Å². The van der Waals surface area contributed by atoms with Crippen LogP contribution in [0.25, 0.3) is 0 Å². The van der Waals surface area contributed by atoms with Crippen molar-refractivity contribution in [1.29, 1.82) is 0 Å². The molecule has 3 N–H and O–H groups in total. The fourth-order valence-electron chi connectivity index (χ4n) is 1.31. The van der Waals surface area contributed by atoms with Crippen LogP contribution in [0.15, 0.2) is 11.4 Å². The van der Waals surface area contributed by atoms with Gasteiger partial charge in [-0.2, -0.15) is 0 Å². The average molecular weight is 255 g/mol. The van der Waals surface area contributed by atoms with Crippen molar-refractivity contribution in [2.45, 2.75) is 20.4 Å². The third-order valence-electron chi connectivity index (χ3n) is 2.02. The first kappa shape index (κ1) is 13.7. The van der Waals surface area contributed by atoms with Crippen molar-refractivity contribution in [2.75, 3.05) is 18.4 Å². The lowest BCUT2D eigenvalue weighted by Gasteiger charge is -2.06. The van der Waals surface area contributed by atoms with E-state index in [1.807, 2.05) is 11.4 Å². The minimum atomic E-state index is -0.0668. The molecule has 0 aliphatic rings. The summed E-state index contributed by atoms with van der Waals surface area (Å²) in [7, 11) is 0. The zero-order chi connectivity index (χ0) is 12.7. The molecule has 0 saturated heterocycles. The van der Waals surface area contributed by atoms with Gasteiger partial charge >= 0.3 is 0 Å². The van der Waals surface area contributed by atoms with Crippen LogP contribution in [0.2, 0.25) is 0 Å². The van der Waals surface area contributed by atoms with E-state index >= 15 is 0 Å². The second-order valence-electron chi connectivity index (χ2n) is 3.60. The van der Waals surface area contributed by atoms with Crippen molar-refractivity contribution in [2.24, 2.45) is 0 Å². The Hall–Kier alpha value is -1.40. The van der Waals surface area contributed by atoms with Gasteiger partial charge in [0.2, 0.25) is 11.8 Å². The van der Waals surface area contributed by atoms with E-state index in [0.717, 1.165) is 10.6 Å². The molecule has 1 rings (SSSR count). The Morgan fingerprint density at radius 2 is 2.00 bits per heavy atom. The van der Waals surface area contributed by atoms with Gasteiger partial charge < -0.3 is 16.0 Å². The quantitative estimate of drug-likeness (QED) is 0.662. The summed E-state index contributed by atoms with van der Waals surface area (Å²) in [6.45, 7) is 4.99. The number of carbonyl (C=O) groups excluding carboxylic acids is 2. The van der Waals surface area contributed by atoms with E-state index in [9.17, 15) is 9.59 Å². The number of carbonyl (C=O) groups is 2. The Balaban J connectivity index is 2.29. The minimum absolute atomic E-state index is 0.0261. The van der Waals surface area contributed by atoms with E-state index in [1.165, 1.54) is 13.8 Å². The molecule has 0 unspecified atom stereocenters. The Kier molecular flexibility index (Phi) is 5.65. The number of nitrogens with one attached hydrogen (secondary N) is 3. The number of anilines is 1. The summed E-state index contributed by atoms with van der Waals surface area (Å²) >= 11 is 1.59. The van der Waals surface area contributed by atoms with Crippen LogP contribution in [0.4, 0.5) is 5.69 Å². The normalized spacial score (nSPS) is 10.0. The molecule has 0 spiro atoms. The lowest BCUT2D eigenvalue weighted by atomic mass is 10.3. The third kappa shape index (κ3) is 5.46. The molecule has 0 saturated carbocycles. The zero-order valence-corrected chi connectivity index (χ0v) is 10.8. The van der Waals surface area contributed by atoms with Crippen molar-refractivity contribution in [1.82, 2.24) is 10.6 Å². The fourth-order valence-corrected chi connectivity index (χ4v) is 2.11. The van der Waals surface area contributed by atoms with Crippen LogP contribution in [0.5, 0.6) is 0 Å². The second kappa shape index (κ2) is 7.03. The molecule has 0 aromatic carbocycles. The van der Waals surface area contributed by atoms with E-state index in [2.05, 4.69) is 16.0 Å². The monoisotopic (exact) mass is 255 g/mol. The standard InChI is InChI=1S/C11H17N3O2S/c1-8(15)13-5-4-12-7-11-10(3-6-17-11)14-9(2)16/h3,6,12H,4-5,7H2,1-2H3,(H,13,15)(H,14,16). The topological polar surface area (TPSA) is 70.2 Å². The molecule has 1 aromatic rings. The molecule has 94 valence electrons. The van der Waals surface area contributed by atoms with Gasteiger partial charge in [0.1, 0.15) is 0 Å². The molecule has 0 aliphatic carbocycles. The van der Waals surface area contributed by atoms with Gasteiger partial charge in [-0.05, 0) is 11.4 Å². The molecule has 0 radical (unpaired) electrons. The second-order valence-corrected chi connectivity index (χ2v) is 4.60. The van der Waals surface area contributed by atoms with Gasteiger partial charge in [-0.25, -0.2) is 0 Å². The Bertz CT molecular complexity index is 390. The summed E-state index contributed by atoms with van der Waals surface area (Å²) in [6, 6.07) is 1.89. The van der Waals surface area contributed by atoms with E-state index in [4.69, 9.17) is 0 Å². The highest BCUT2D eigenvalue weighted by Gasteiger charge is 2.04. The van der Waals surface area contributed by atoms with Gasteiger partial charge in [-0.15, -0.1) is 11.3 Å². The summed E-state index contributed by atoms with van der Waals surface area (Å²) in [4.78, 5) is 22.7. The molecule has 0 bridgehead atoms. The Labute approximate surface area is 105 Å². The first-order valence-corrected chi connectivity index (χ1v) is 6.26. The predicted octanol–water partition coefficient (Wildman–Crippen LogP) is 0.932. The molecular formula is C11H17N3O2S. The van der Waals surface area contributed by atoms with Gasteiger partial charge in [0.25, 0.3) is 0 Å². The molecule has 0 atom stereocenters. The van der Waals surface area contributed by atoms with E-state index in [1.54, 1.807) is 11.3 Å². The summed E-state index contributed by atoms with van der Waals surface area (Å²) in [6.07, 6.45) is 0. The van der Waals surface area contributed by atoms with Crippen molar-refractivity contribution >= 4 is 28.8 Å². The zero-order valence-electron chi connectivity index (χ0n) is 10.0. The molecule has 1 aromatic heterocycles. The Morgan fingerprint density at radius 3 is 2.65 bits per heavy atom. The van der Waals surface area contributed by atoms with Gasteiger partial charge in [0.05, 0.1) is 5.69 Å². The summed E-state index contributed by atoms with van der Waals surface area (Å²) < 4.78 is 0. The van der Waals surface area contributed by atoms with Gasteiger partial charge in [-0.1, -0.05) is 0 Å². The molecule has 5 nitrogen and oxygen atoms in total. The van der Waals surface area contributed by atoms with Crippen LogP contribution in [-0.4, -0.2) is 24.9 Å². The Morgan fingerprint density at radius 1 is 1.24 bits per heavy atom. The summed E-state index contributed by atoms with van der Waals surface area (Å²) in [5.74, 6) is -0.0928. The van der Waals surface area contributed by atoms with Crippen LogP contribution >= 0.6 is 11.3 Å². The predicted molar refractivity (Wildman–Crippen MR) is 69.0 cm³/mol. The first-order valence-electron chi connectivity index (χ1n) is 5.38. The molecule has 0 fully saturated rings. The maximum atomic E-state index is 10.9. The SMILES string of the molecule is CC(=O)NCCNCc1sccc1NC(C)=O. The summed E-state index contributed by atoms with van der Waals surface area (Å²) in [5, 5.41) is 10.6. The minimum Gasteiger partial charge on any atom is -0.355 e. The molecule has 1 heterocycles. The molecule has 17 heavy (non-hydrogen) atoms. The lowest BCUT2D eigenvalue weighted by molar-refractivity contribution is -0.119. The summed E-state index contributed by atoms with van der Waals surface area (Å²) in [5.41, 5.74) is 0.856. The molecule has 6 heteroatoms. The largest absolute Gasteiger partial charge is 0.355 e. The van der Waals surface area contributed by atoms with Crippen molar-refractivity contribution in [3.63, 3.8) is 0 Å². The van der Waals surface area contributed by atoms with Gasteiger partial charge in [0.15, 0.2) is 0 Å². The molecule has 0 aliphatic heterocycles. The van der Waals surface area contributed by atoms with Gasteiger partial charge in [-0.3, -0.25) is 9.59 Å². The molecular weight excluding hydrogens is 238 g/mol. The highest BCUT2D eigenvalue weighted by molar-refractivity contribution is 7.10. The van der Waals surface area contributed by atoms with Gasteiger partial charge in [0, 0.05) is 38.4 Å². The number of hydrogen-bond acceptors (Lipinski definition) is 4. The third-order valence-corrected chi connectivity index (χ3v) is 2.94. The maximum absolute atomic E-state index is 10.9. The molecule has 2 amide bonds. The fraction of sp³-hybridized carbons (Fsp3) is 0.455. The number of thiophene rings is 1.